The van der Waals surface area contributed by atoms with Crippen LogP contribution in [0.3, 0.4) is 0 Å². The fraction of sp³-hybridized carbons (Fsp3) is 0.448. The van der Waals surface area contributed by atoms with Gasteiger partial charge in [-0.1, -0.05) is 36.4 Å². The number of aromatic nitrogens is 4. The lowest BCUT2D eigenvalue weighted by Crippen LogP contribution is -2.47. The third-order valence-corrected chi connectivity index (χ3v) is 8.82. The molecule has 1 aliphatic heterocycles. The first kappa shape index (κ1) is 32.6. The molecule has 0 amide bonds. The van der Waals surface area contributed by atoms with Crippen LogP contribution < -0.4 is 14.9 Å². The molecule has 2 aromatic carbocycles. The van der Waals surface area contributed by atoms with E-state index in [0.29, 0.717) is 17.0 Å². The Morgan fingerprint density at radius 1 is 1.18 bits per heavy atom. The van der Waals surface area contributed by atoms with Crippen LogP contribution in [0.4, 0.5) is 14.6 Å². The zero-order valence-corrected chi connectivity index (χ0v) is 26.4. The second-order valence-electron chi connectivity index (χ2n) is 11.2. The summed E-state index contributed by atoms with van der Waals surface area (Å²) in [6.45, 7) is 5.95. The molecule has 2 aromatic heterocycles. The maximum atomic E-state index is 16.4. The van der Waals surface area contributed by atoms with Crippen LogP contribution >= 0.6 is 7.75 Å². The highest BCUT2D eigenvalue weighted by atomic mass is 31.2. The minimum absolute atomic E-state index is 0.0997. The van der Waals surface area contributed by atoms with Gasteiger partial charge in [0.1, 0.15) is 24.2 Å². The second-order valence-corrected chi connectivity index (χ2v) is 12.9. The number of benzene rings is 2. The summed E-state index contributed by atoms with van der Waals surface area (Å²) in [5.41, 5.74) is -2.35. The summed E-state index contributed by atoms with van der Waals surface area (Å²) in [6, 6.07) is 10.8. The van der Waals surface area contributed by atoms with Gasteiger partial charge in [-0.3, -0.25) is 13.9 Å². The van der Waals surface area contributed by atoms with Gasteiger partial charge in [0.15, 0.2) is 35.0 Å². The molecule has 6 atom stereocenters. The number of fused-ring (bicyclic) bond motifs is 2. The molecule has 242 valence electrons. The molecule has 0 bridgehead atoms. The molecule has 0 aliphatic carbocycles. The molecule has 16 heteroatoms. The number of rotatable bonds is 11. The molecule has 0 saturated carbocycles. The summed E-state index contributed by atoms with van der Waals surface area (Å²) < 4.78 is 69.9. The molecule has 0 radical (unpaired) electrons. The monoisotopic (exact) mass is 648 g/mol. The predicted molar refractivity (Wildman–Crippen MR) is 161 cm³/mol. The first-order valence-corrected chi connectivity index (χ1v) is 15.7. The van der Waals surface area contributed by atoms with E-state index in [4.69, 9.17) is 18.5 Å². The Bertz CT molecular complexity index is 1770. The lowest BCUT2D eigenvalue weighted by molar-refractivity contribution is -0.202. The minimum atomic E-state index is -4.65. The molecule has 0 unspecified atom stereocenters. The standard InChI is InChI=1S/C29H35F2N6O7P/c1-16(2)42-25(38)17(3)36-45(40,44-21-13-9-11-19-10-7-8-12-20(19)21)41-14-29(31)26(39)28(5,30)27(43-29)37-15-33-22-23(32-6)34-18(4)35-24(22)37/h7-13,15-17,26-27,39H,14H2,1-6H3,(H,36,40)(H,32,34,35)/t17-,26-,27+,28+,29+,45-/m0/s1. The lowest BCUT2D eigenvalue weighted by atomic mass is 9.97. The number of esters is 1. The van der Waals surface area contributed by atoms with Gasteiger partial charge in [0.05, 0.1) is 12.4 Å². The Morgan fingerprint density at radius 2 is 1.89 bits per heavy atom. The first-order chi connectivity index (χ1) is 21.2. The number of anilines is 1. The smallest absolute Gasteiger partial charge is 0.459 e. The molecule has 1 aliphatic rings. The van der Waals surface area contributed by atoms with Crippen LogP contribution in [0.15, 0.2) is 48.8 Å². The Morgan fingerprint density at radius 3 is 2.60 bits per heavy atom. The van der Waals surface area contributed by atoms with E-state index >= 15 is 8.78 Å². The van der Waals surface area contributed by atoms with Gasteiger partial charge in [0, 0.05) is 12.4 Å². The molecule has 3 heterocycles. The summed E-state index contributed by atoms with van der Waals surface area (Å²) in [5.74, 6) is -3.23. The fourth-order valence-corrected chi connectivity index (χ4v) is 6.55. The number of imidazole rings is 1. The van der Waals surface area contributed by atoms with Crippen LogP contribution in [0.1, 0.15) is 39.7 Å². The molecule has 0 spiro atoms. The van der Waals surface area contributed by atoms with Crippen LogP contribution in [0, 0.1) is 6.92 Å². The van der Waals surface area contributed by atoms with Gasteiger partial charge in [-0.05, 0) is 46.1 Å². The van der Waals surface area contributed by atoms with E-state index in [1.165, 1.54) is 19.3 Å². The van der Waals surface area contributed by atoms with Crippen molar-refractivity contribution in [3.63, 3.8) is 0 Å². The Kier molecular flexibility index (Phi) is 8.86. The van der Waals surface area contributed by atoms with Crippen molar-refractivity contribution >= 4 is 41.5 Å². The third-order valence-electron chi connectivity index (χ3n) is 7.21. The molecule has 1 fully saturated rings. The normalized spacial score (nSPS) is 25.4. The van der Waals surface area contributed by atoms with Crippen LogP contribution in [-0.2, 0) is 23.4 Å². The number of carbonyl (C=O) groups is 1. The highest BCUT2D eigenvalue weighted by Crippen LogP contribution is 2.52. The van der Waals surface area contributed by atoms with Crippen molar-refractivity contribution in [2.45, 2.75) is 70.6 Å². The Balaban J connectivity index is 1.45. The van der Waals surface area contributed by atoms with E-state index in [1.807, 2.05) is 0 Å². The average Bonchev–Trinajstić information content (AvgIpc) is 3.48. The summed E-state index contributed by atoms with van der Waals surface area (Å²) in [5, 5.41) is 17.6. The summed E-state index contributed by atoms with van der Waals surface area (Å²) in [4.78, 5) is 25.3. The highest BCUT2D eigenvalue weighted by molar-refractivity contribution is 7.52. The van der Waals surface area contributed by atoms with Gasteiger partial charge in [-0.15, -0.1) is 0 Å². The lowest BCUT2D eigenvalue weighted by Gasteiger charge is -2.28. The van der Waals surface area contributed by atoms with Crippen molar-refractivity contribution in [1.82, 2.24) is 24.6 Å². The first-order valence-electron chi connectivity index (χ1n) is 14.2. The SMILES string of the molecule is CNc1nc(C)nc2c1ncn2[C@@H]1O[C@](F)(CO[P@@](=O)(N[C@@H](C)C(=O)OC(C)C)Oc2cccc3ccccc23)[C@@H](O)[C@@]1(C)F. The Hall–Kier alpha value is -3.75. The molecular weight excluding hydrogens is 613 g/mol. The topological polar surface area (TPSA) is 159 Å². The number of halogens is 2. The predicted octanol–water partition coefficient (Wildman–Crippen LogP) is 4.75. The quantitative estimate of drug-likeness (QED) is 0.152. The van der Waals surface area contributed by atoms with Crippen molar-refractivity contribution in [3.05, 3.63) is 54.6 Å². The minimum Gasteiger partial charge on any atom is -0.462 e. The van der Waals surface area contributed by atoms with E-state index in [2.05, 4.69) is 25.4 Å². The molecule has 5 rings (SSSR count). The summed E-state index contributed by atoms with van der Waals surface area (Å²) in [6.07, 6.45) is -3.47. The number of hydrogen-bond acceptors (Lipinski definition) is 11. The van der Waals surface area contributed by atoms with E-state index < -0.39 is 56.3 Å². The van der Waals surface area contributed by atoms with Crippen LogP contribution in [0.25, 0.3) is 21.9 Å². The maximum absolute atomic E-state index is 16.4. The number of hydrogen-bond donors (Lipinski definition) is 3. The third kappa shape index (κ3) is 6.36. The number of alkyl halides is 2. The maximum Gasteiger partial charge on any atom is 0.459 e. The van der Waals surface area contributed by atoms with E-state index in [9.17, 15) is 14.5 Å². The fourth-order valence-electron chi connectivity index (χ4n) is 5.03. The van der Waals surface area contributed by atoms with Gasteiger partial charge in [-0.2, -0.15) is 5.09 Å². The Labute approximate surface area is 257 Å². The molecular formula is C29H35F2N6O7P. The number of nitrogens with one attached hydrogen (secondary N) is 2. The zero-order valence-electron chi connectivity index (χ0n) is 25.5. The number of aliphatic hydroxyl groups is 1. The number of aliphatic hydroxyl groups excluding tert-OH is 1. The van der Waals surface area contributed by atoms with Gasteiger partial charge in [0.25, 0.3) is 5.85 Å². The zero-order chi connectivity index (χ0) is 32.7. The van der Waals surface area contributed by atoms with E-state index in [-0.39, 0.29) is 16.9 Å². The second kappa shape index (κ2) is 12.2. The number of nitrogens with zero attached hydrogens (tertiary/aromatic N) is 4. The van der Waals surface area contributed by atoms with Gasteiger partial charge in [-0.25, -0.2) is 28.3 Å². The molecule has 1 saturated heterocycles. The van der Waals surface area contributed by atoms with Gasteiger partial charge in [0.2, 0.25) is 0 Å². The number of ether oxygens (including phenoxy) is 2. The highest BCUT2D eigenvalue weighted by Gasteiger charge is 2.65. The van der Waals surface area contributed by atoms with Crippen molar-refractivity contribution in [2.75, 3.05) is 19.0 Å². The van der Waals surface area contributed by atoms with Crippen LogP contribution in [-0.4, -0.2) is 74.0 Å². The van der Waals surface area contributed by atoms with Crippen molar-refractivity contribution in [3.8, 4) is 5.75 Å². The molecule has 13 nitrogen and oxygen atoms in total. The summed E-state index contributed by atoms with van der Waals surface area (Å²) in [7, 11) is -3.03. The summed E-state index contributed by atoms with van der Waals surface area (Å²) >= 11 is 0. The van der Waals surface area contributed by atoms with E-state index in [1.54, 1.807) is 64.2 Å². The largest absolute Gasteiger partial charge is 0.462 e. The van der Waals surface area contributed by atoms with Crippen molar-refractivity contribution in [1.29, 1.82) is 0 Å². The molecule has 45 heavy (non-hydrogen) atoms. The van der Waals surface area contributed by atoms with Crippen LogP contribution in [0.2, 0.25) is 0 Å². The molecule has 3 N–H and O–H groups in total. The molecule has 4 aromatic rings. The average molecular weight is 649 g/mol. The number of aryl methyl sites for hydroxylation is 1. The van der Waals surface area contributed by atoms with Crippen molar-refractivity contribution in [2.24, 2.45) is 0 Å². The van der Waals surface area contributed by atoms with Crippen LogP contribution in [0.5, 0.6) is 5.75 Å². The van der Waals surface area contributed by atoms with Crippen molar-refractivity contribution < 1.29 is 41.8 Å². The number of carbonyl (C=O) groups excluding carboxylic acids is 1. The van der Waals surface area contributed by atoms with Gasteiger partial charge >= 0.3 is 13.7 Å². The van der Waals surface area contributed by atoms with Gasteiger partial charge < -0.3 is 24.4 Å². The van der Waals surface area contributed by atoms with E-state index in [0.717, 1.165) is 16.9 Å².